The van der Waals surface area contributed by atoms with Crippen LogP contribution in [0, 0.1) is 0 Å². The largest absolute Gasteiger partial charge is 0.497 e. The highest BCUT2D eigenvalue weighted by molar-refractivity contribution is 7.21. The van der Waals surface area contributed by atoms with E-state index in [9.17, 15) is 4.79 Å². The molecule has 0 saturated carbocycles. The van der Waals surface area contributed by atoms with Crippen LogP contribution >= 0.6 is 11.3 Å². The van der Waals surface area contributed by atoms with Gasteiger partial charge in [0.05, 0.1) is 20.3 Å². The molecular formula is C20H20N2O3S. The third-order valence-electron chi connectivity index (χ3n) is 4.58. The fourth-order valence-electron chi connectivity index (χ4n) is 3.22. The van der Waals surface area contributed by atoms with Crippen LogP contribution in [-0.2, 0) is 4.74 Å². The summed E-state index contributed by atoms with van der Waals surface area (Å²) in [7, 11) is 1.64. The highest BCUT2D eigenvalue weighted by Crippen LogP contribution is 2.40. The molecule has 2 aromatic carbocycles. The van der Waals surface area contributed by atoms with Crippen molar-refractivity contribution in [3.05, 3.63) is 47.3 Å². The van der Waals surface area contributed by atoms with E-state index in [1.807, 2.05) is 47.4 Å². The van der Waals surface area contributed by atoms with Gasteiger partial charge in [0, 0.05) is 34.4 Å². The summed E-state index contributed by atoms with van der Waals surface area (Å²) >= 11 is 1.52. The van der Waals surface area contributed by atoms with Crippen LogP contribution in [0.5, 0.6) is 5.75 Å². The number of thiophene rings is 1. The number of nitrogens with two attached hydrogens (primary N) is 1. The lowest BCUT2D eigenvalue weighted by Crippen LogP contribution is -2.40. The van der Waals surface area contributed by atoms with Crippen LogP contribution < -0.4 is 10.5 Å². The van der Waals surface area contributed by atoms with E-state index < -0.39 is 0 Å². The second-order valence-electron chi connectivity index (χ2n) is 6.19. The summed E-state index contributed by atoms with van der Waals surface area (Å²) < 4.78 is 11.7. The Labute approximate surface area is 155 Å². The Kier molecular flexibility index (Phi) is 4.53. The monoisotopic (exact) mass is 368 g/mol. The van der Waals surface area contributed by atoms with Crippen LogP contribution in [0.4, 0.5) is 5.69 Å². The van der Waals surface area contributed by atoms with Crippen molar-refractivity contribution in [2.75, 3.05) is 39.1 Å². The smallest absolute Gasteiger partial charge is 0.264 e. The lowest BCUT2D eigenvalue weighted by atomic mass is 10.0. The number of nitrogen functional groups attached to an aromatic ring is 1. The summed E-state index contributed by atoms with van der Waals surface area (Å²) in [6.45, 7) is 2.41. The molecule has 1 aliphatic rings. The molecule has 1 aliphatic heterocycles. The van der Waals surface area contributed by atoms with Gasteiger partial charge >= 0.3 is 0 Å². The van der Waals surface area contributed by atoms with Crippen LogP contribution in [0.2, 0.25) is 0 Å². The van der Waals surface area contributed by atoms with E-state index in [0.29, 0.717) is 32.0 Å². The van der Waals surface area contributed by atoms with Gasteiger partial charge < -0.3 is 20.1 Å². The molecule has 1 aromatic heterocycles. The van der Waals surface area contributed by atoms with Crippen molar-refractivity contribution in [1.82, 2.24) is 4.90 Å². The molecule has 4 rings (SSSR count). The molecule has 1 saturated heterocycles. The van der Waals surface area contributed by atoms with Crippen molar-refractivity contribution in [3.63, 3.8) is 0 Å². The molecule has 6 heteroatoms. The molecule has 0 spiro atoms. The number of carbonyl (C=O) groups is 1. The van der Waals surface area contributed by atoms with Crippen LogP contribution in [0.15, 0.2) is 42.5 Å². The summed E-state index contributed by atoms with van der Waals surface area (Å²) in [6.07, 6.45) is 0. The minimum absolute atomic E-state index is 0.0545. The van der Waals surface area contributed by atoms with Gasteiger partial charge in [0.25, 0.3) is 5.91 Å². The number of fused-ring (bicyclic) bond motifs is 1. The van der Waals surface area contributed by atoms with E-state index in [0.717, 1.165) is 31.8 Å². The fraction of sp³-hybridized carbons (Fsp3) is 0.250. The molecule has 134 valence electrons. The molecular weight excluding hydrogens is 348 g/mol. The van der Waals surface area contributed by atoms with Crippen LogP contribution in [-0.4, -0.2) is 44.2 Å². The van der Waals surface area contributed by atoms with Gasteiger partial charge in [0.15, 0.2) is 0 Å². The van der Waals surface area contributed by atoms with Crippen molar-refractivity contribution in [2.24, 2.45) is 0 Å². The first kappa shape index (κ1) is 16.9. The number of ether oxygens (including phenoxy) is 2. The van der Waals surface area contributed by atoms with Crippen molar-refractivity contribution in [2.45, 2.75) is 0 Å². The molecule has 0 aliphatic carbocycles. The van der Waals surface area contributed by atoms with Gasteiger partial charge in [-0.25, -0.2) is 0 Å². The minimum Gasteiger partial charge on any atom is -0.497 e. The first-order valence-corrected chi connectivity index (χ1v) is 9.32. The summed E-state index contributed by atoms with van der Waals surface area (Å²) in [5.41, 5.74) is 8.63. The van der Waals surface area contributed by atoms with Crippen molar-refractivity contribution < 1.29 is 14.3 Å². The molecule has 5 nitrogen and oxygen atoms in total. The number of hydrogen-bond donors (Lipinski definition) is 1. The third kappa shape index (κ3) is 3.02. The topological polar surface area (TPSA) is 64.8 Å². The highest BCUT2D eigenvalue weighted by atomic mass is 32.1. The molecule has 0 atom stereocenters. The van der Waals surface area contributed by atoms with Crippen molar-refractivity contribution in [3.8, 4) is 16.9 Å². The van der Waals surface area contributed by atoms with Crippen LogP contribution in [0.1, 0.15) is 9.67 Å². The molecule has 3 aromatic rings. The number of hydrogen-bond acceptors (Lipinski definition) is 5. The predicted molar refractivity (Wildman–Crippen MR) is 105 cm³/mol. The minimum atomic E-state index is 0.0545. The van der Waals surface area contributed by atoms with Gasteiger partial charge in [-0.2, -0.15) is 0 Å². The number of rotatable bonds is 3. The Hall–Kier alpha value is -2.57. The maximum atomic E-state index is 13.2. The number of carbonyl (C=O) groups excluding carboxylic acids is 1. The van der Waals surface area contributed by atoms with Crippen LogP contribution in [0.3, 0.4) is 0 Å². The number of benzene rings is 2. The van der Waals surface area contributed by atoms with Crippen molar-refractivity contribution in [1.29, 1.82) is 0 Å². The number of nitrogens with zero attached hydrogens (tertiary/aromatic N) is 1. The molecule has 2 heterocycles. The molecule has 1 fully saturated rings. The zero-order chi connectivity index (χ0) is 18.1. The average molecular weight is 368 g/mol. The van der Waals surface area contributed by atoms with E-state index in [4.69, 9.17) is 15.2 Å². The third-order valence-corrected chi connectivity index (χ3v) is 5.74. The SMILES string of the molecule is COc1ccc(-c2c(C(=O)N3CCOCC3)sc3ccc(N)cc23)cc1. The zero-order valence-electron chi connectivity index (χ0n) is 14.5. The average Bonchev–Trinajstić information content (AvgIpc) is 3.06. The van der Waals surface area contributed by atoms with Gasteiger partial charge in [-0.1, -0.05) is 12.1 Å². The van der Waals surface area contributed by atoms with E-state index >= 15 is 0 Å². The van der Waals surface area contributed by atoms with Gasteiger partial charge in [-0.05, 0) is 35.9 Å². The van der Waals surface area contributed by atoms with Gasteiger partial charge in [0.1, 0.15) is 10.6 Å². The van der Waals surface area contributed by atoms with Crippen LogP contribution in [0.25, 0.3) is 21.2 Å². The second kappa shape index (κ2) is 6.97. The van der Waals surface area contributed by atoms with Gasteiger partial charge in [-0.15, -0.1) is 11.3 Å². The zero-order valence-corrected chi connectivity index (χ0v) is 15.3. The quantitative estimate of drug-likeness (QED) is 0.717. The number of anilines is 1. The molecule has 0 radical (unpaired) electrons. The molecule has 26 heavy (non-hydrogen) atoms. The predicted octanol–water partition coefficient (Wildman–Crippen LogP) is 3.63. The van der Waals surface area contributed by atoms with Gasteiger partial charge in [0.2, 0.25) is 0 Å². The first-order chi connectivity index (χ1) is 12.7. The molecule has 0 unspecified atom stereocenters. The summed E-state index contributed by atoms with van der Waals surface area (Å²) in [6, 6.07) is 13.6. The second-order valence-corrected chi connectivity index (χ2v) is 7.25. The Balaban J connectivity index is 1.86. The first-order valence-electron chi connectivity index (χ1n) is 8.51. The Bertz CT molecular complexity index is 944. The highest BCUT2D eigenvalue weighted by Gasteiger charge is 2.25. The maximum Gasteiger partial charge on any atom is 0.264 e. The molecule has 1 amide bonds. The summed E-state index contributed by atoms with van der Waals surface area (Å²) in [5, 5.41) is 1.01. The van der Waals surface area contributed by atoms with Gasteiger partial charge in [-0.3, -0.25) is 4.79 Å². The molecule has 2 N–H and O–H groups in total. The molecule has 0 bridgehead atoms. The Morgan fingerprint density at radius 1 is 1.15 bits per heavy atom. The van der Waals surface area contributed by atoms with E-state index in [-0.39, 0.29) is 5.91 Å². The van der Waals surface area contributed by atoms with Crippen molar-refractivity contribution >= 4 is 33.0 Å². The van der Waals surface area contributed by atoms with E-state index in [1.54, 1.807) is 7.11 Å². The number of methoxy groups -OCH3 is 1. The van der Waals surface area contributed by atoms with E-state index in [1.165, 1.54) is 11.3 Å². The summed E-state index contributed by atoms with van der Waals surface area (Å²) in [5.74, 6) is 0.841. The Morgan fingerprint density at radius 3 is 2.58 bits per heavy atom. The standard InChI is InChI=1S/C20H20N2O3S/c1-24-15-5-2-13(3-6-15)18-16-12-14(21)4-7-17(16)26-19(18)20(23)22-8-10-25-11-9-22/h2-7,12H,8-11,21H2,1H3. The normalized spacial score (nSPS) is 14.6. The lowest BCUT2D eigenvalue weighted by Gasteiger charge is -2.26. The summed E-state index contributed by atoms with van der Waals surface area (Å²) in [4.78, 5) is 15.8. The number of amides is 1. The Morgan fingerprint density at radius 2 is 1.88 bits per heavy atom. The number of morpholine rings is 1. The maximum absolute atomic E-state index is 13.2. The fourth-order valence-corrected chi connectivity index (χ4v) is 4.39. The van der Waals surface area contributed by atoms with E-state index in [2.05, 4.69) is 0 Å². The lowest BCUT2D eigenvalue weighted by molar-refractivity contribution is 0.0306.